The third kappa shape index (κ3) is 4.06. The molecule has 2 heterocycles. The van der Waals surface area contributed by atoms with Crippen molar-refractivity contribution < 1.29 is 9.59 Å². The molecule has 2 N–H and O–H groups in total. The number of hydrogen-bond acceptors (Lipinski definition) is 5. The van der Waals surface area contributed by atoms with Crippen molar-refractivity contribution in [2.45, 2.75) is 39.7 Å². The van der Waals surface area contributed by atoms with Gasteiger partial charge in [-0.25, -0.2) is 4.68 Å². The van der Waals surface area contributed by atoms with Gasteiger partial charge in [-0.05, 0) is 58.8 Å². The van der Waals surface area contributed by atoms with Crippen LogP contribution >= 0.6 is 0 Å². The number of para-hydroxylation sites is 1. The molecule has 1 aliphatic rings. The Morgan fingerprint density at radius 1 is 1.21 bits per heavy atom. The Balaban J connectivity index is 1.81. The zero-order chi connectivity index (χ0) is 20.1. The van der Waals surface area contributed by atoms with Crippen molar-refractivity contribution in [1.82, 2.24) is 25.2 Å². The molecule has 8 heteroatoms. The van der Waals surface area contributed by atoms with E-state index in [4.69, 9.17) is 0 Å². The van der Waals surface area contributed by atoms with Gasteiger partial charge in [-0.15, -0.1) is 5.10 Å². The molecule has 0 saturated carbocycles. The van der Waals surface area contributed by atoms with Crippen LogP contribution in [0.4, 0.5) is 5.69 Å². The highest BCUT2D eigenvalue weighted by atomic mass is 16.2. The van der Waals surface area contributed by atoms with E-state index in [9.17, 15) is 9.59 Å². The van der Waals surface area contributed by atoms with Crippen molar-refractivity contribution in [3.05, 3.63) is 41.2 Å². The van der Waals surface area contributed by atoms with Crippen LogP contribution in [0, 0.1) is 6.92 Å². The first-order valence-corrected chi connectivity index (χ1v) is 9.88. The molecule has 28 heavy (non-hydrogen) atoms. The van der Waals surface area contributed by atoms with Gasteiger partial charge in [-0.2, -0.15) is 0 Å². The van der Waals surface area contributed by atoms with Crippen molar-refractivity contribution in [1.29, 1.82) is 0 Å². The molecule has 0 bridgehead atoms. The van der Waals surface area contributed by atoms with Gasteiger partial charge in [0.05, 0.1) is 23.0 Å². The third-order valence-corrected chi connectivity index (χ3v) is 5.25. The zero-order valence-electron chi connectivity index (χ0n) is 16.7. The third-order valence-electron chi connectivity index (χ3n) is 5.25. The van der Waals surface area contributed by atoms with E-state index in [1.165, 1.54) is 0 Å². The number of benzene rings is 1. The highest BCUT2D eigenvalue weighted by Crippen LogP contribution is 2.22. The Hall–Kier alpha value is -2.74. The number of rotatable bonds is 6. The lowest BCUT2D eigenvalue weighted by molar-refractivity contribution is 0.0774. The number of piperidine rings is 1. The number of aromatic nitrogens is 3. The first kappa shape index (κ1) is 20.0. The average Bonchev–Trinajstić information content (AvgIpc) is 3.11. The summed E-state index contributed by atoms with van der Waals surface area (Å²) in [5.74, 6) is -0.450. The Morgan fingerprint density at radius 2 is 1.89 bits per heavy atom. The minimum atomic E-state index is -0.350. The molecular weight excluding hydrogens is 356 g/mol. The molecule has 1 aromatic carbocycles. The van der Waals surface area contributed by atoms with Crippen LogP contribution in [0.3, 0.4) is 0 Å². The van der Waals surface area contributed by atoms with Gasteiger partial charge in [0.15, 0.2) is 5.69 Å². The van der Waals surface area contributed by atoms with E-state index >= 15 is 0 Å². The summed E-state index contributed by atoms with van der Waals surface area (Å²) >= 11 is 0. The monoisotopic (exact) mass is 384 g/mol. The molecule has 2 amide bonds. The van der Waals surface area contributed by atoms with Gasteiger partial charge >= 0.3 is 0 Å². The summed E-state index contributed by atoms with van der Waals surface area (Å²) in [6, 6.07) is 7.32. The fourth-order valence-electron chi connectivity index (χ4n) is 3.59. The normalized spacial score (nSPS) is 14.7. The van der Waals surface area contributed by atoms with Crippen LogP contribution in [0.25, 0.3) is 0 Å². The standard InChI is InChI=1S/C20H28N6O2/c1-4-25(5-2)20(28)16-8-6-7-9-17(16)22-19(27)18-14(3)26(24-23-18)15-10-12-21-13-11-15/h6-9,15,21H,4-5,10-13H2,1-3H3,(H,22,27). The number of carbonyl (C=O) groups is 2. The average molecular weight is 384 g/mol. The number of nitrogens with zero attached hydrogens (tertiary/aromatic N) is 4. The summed E-state index contributed by atoms with van der Waals surface area (Å²) in [5.41, 5.74) is 2.00. The van der Waals surface area contributed by atoms with Crippen LogP contribution in [0.1, 0.15) is 59.3 Å². The van der Waals surface area contributed by atoms with Crippen LogP contribution < -0.4 is 10.6 Å². The highest BCUT2D eigenvalue weighted by Gasteiger charge is 2.24. The number of hydrogen-bond donors (Lipinski definition) is 2. The molecule has 1 aliphatic heterocycles. The van der Waals surface area contributed by atoms with Gasteiger partial charge in [0.2, 0.25) is 0 Å². The van der Waals surface area contributed by atoms with Crippen LogP contribution in [0.5, 0.6) is 0 Å². The molecule has 1 fully saturated rings. The van der Waals surface area contributed by atoms with Crippen molar-refractivity contribution in [3.8, 4) is 0 Å². The lowest BCUT2D eigenvalue weighted by atomic mass is 10.1. The zero-order valence-corrected chi connectivity index (χ0v) is 16.7. The SMILES string of the molecule is CCN(CC)C(=O)c1ccccc1NC(=O)c1nnn(C2CCNCC2)c1C. The fourth-order valence-corrected chi connectivity index (χ4v) is 3.59. The molecule has 3 rings (SSSR count). The lowest BCUT2D eigenvalue weighted by Crippen LogP contribution is -2.31. The minimum absolute atomic E-state index is 0.101. The molecule has 1 aromatic heterocycles. The minimum Gasteiger partial charge on any atom is -0.339 e. The topological polar surface area (TPSA) is 92.2 Å². The van der Waals surface area contributed by atoms with Crippen molar-refractivity contribution >= 4 is 17.5 Å². The van der Waals surface area contributed by atoms with Crippen LogP contribution in [0.15, 0.2) is 24.3 Å². The number of nitrogens with one attached hydrogen (secondary N) is 2. The van der Waals surface area contributed by atoms with E-state index < -0.39 is 0 Å². The number of anilines is 1. The smallest absolute Gasteiger partial charge is 0.278 e. The molecule has 2 aromatic rings. The van der Waals surface area contributed by atoms with E-state index in [2.05, 4.69) is 20.9 Å². The molecule has 0 atom stereocenters. The summed E-state index contributed by atoms with van der Waals surface area (Å²) < 4.78 is 1.85. The second-order valence-corrected chi connectivity index (χ2v) is 6.93. The van der Waals surface area contributed by atoms with E-state index in [-0.39, 0.29) is 17.9 Å². The van der Waals surface area contributed by atoms with E-state index in [0.29, 0.717) is 30.0 Å². The Labute approximate surface area is 165 Å². The first-order chi connectivity index (χ1) is 13.6. The van der Waals surface area contributed by atoms with Crippen LogP contribution in [-0.4, -0.2) is 57.9 Å². The second kappa shape index (κ2) is 8.97. The fraction of sp³-hybridized carbons (Fsp3) is 0.500. The molecule has 0 radical (unpaired) electrons. The van der Waals surface area contributed by atoms with Gasteiger partial charge in [0.25, 0.3) is 11.8 Å². The van der Waals surface area contributed by atoms with Crippen molar-refractivity contribution in [3.63, 3.8) is 0 Å². The summed E-state index contributed by atoms with van der Waals surface area (Å²) in [5, 5.41) is 14.5. The van der Waals surface area contributed by atoms with Crippen molar-refractivity contribution in [2.24, 2.45) is 0 Å². The predicted molar refractivity (Wildman–Crippen MR) is 108 cm³/mol. The summed E-state index contributed by atoms with van der Waals surface area (Å²) in [6.07, 6.45) is 1.93. The van der Waals surface area contributed by atoms with Gasteiger partial charge in [0, 0.05) is 13.1 Å². The Kier molecular flexibility index (Phi) is 6.41. The molecule has 8 nitrogen and oxygen atoms in total. The molecule has 150 valence electrons. The van der Waals surface area contributed by atoms with Gasteiger partial charge < -0.3 is 15.5 Å². The van der Waals surface area contributed by atoms with E-state index in [1.807, 2.05) is 25.5 Å². The van der Waals surface area contributed by atoms with Gasteiger partial charge in [-0.3, -0.25) is 9.59 Å². The summed E-state index contributed by atoms with van der Waals surface area (Å²) in [7, 11) is 0. The molecule has 0 unspecified atom stereocenters. The van der Waals surface area contributed by atoms with Crippen LogP contribution in [0.2, 0.25) is 0 Å². The second-order valence-electron chi connectivity index (χ2n) is 6.93. The van der Waals surface area contributed by atoms with Crippen molar-refractivity contribution in [2.75, 3.05) is 31.5 Å². The van der Waals surface area contributed by atoms with E-state index in [1.54, 1.807) is 29.2 Å². The number of amides is 2. The Morgan fingerprint density at radius 3 is 2.57 bits per heavy atom. The quantitative estimate of drug-likeness (QED) is 0.797. The summed E-state index contributed by atoms with van der Waals surface area (Å²) in [4.78, 5) is 27.3. The summed E-state index contributed by atoms with van der Waals surface area (Å²) in [6.45, 7) is 8.83. The molecule has 1 saturated heterocycles. The predicted octanol–water partition coefficient (Wildman–Crippen LogP) is 2.25. The maximum absolute atomic E-state index is 12.9. The van der Waals surface area contributed by atoms with Gasteiger partial charge in [0.1, 0.15) is 0 Å². The molecule has 0 spiro atoms. The van der Waals surface area contributed by atoms with E-state index in [0.717, 1.165) is 31.6 Å². The Bertz CT molecular complexity index is 837. The maximum atomic E-state index is 12.9. The first-order valence-electron chi connectivity index (χ1n) is 9.88. The van der Waals surface area contributed by atoms with Crippen LogP contribution in [-0.2, 0) is 0 Å². The molecular formula is C20H28N6O2. The number of carbonyl (C=O) groups excluding carboxylic acids is 2. The largest absolute Gasteiger partial charge is 0.339 e. The maximum Gasteiger partial charge on any atom is 0.278 e. The lowest BCUT2D eigenvalue weighted by Gasteiger charge is -2.23. The highest BCUT2D eigenvalue weighted by molar-refractivity contribution is 6.08. The van der Waals surface area contributed by atoms with Gasteiger partial charge in [-0.1, -0.05) is 17.3 Å². The molecule has 0 aliphatic carbocycles.